The molecule has 0 saturated heterocycles. The van der Waals surface area contributed by atoms with Crippen molar-refractivity contribution < 1.29 is 13.2 Å². The molecule has 0 unspecified atom stereocenters. The van der Waals surface area contributed by atoms with Gasteiger partial charge in [-0.05, 0) is 43.2 Å². The molecule has 1 aliphatic heterocycles. The molecule has 4 rings (SSSR count). The molecule has 0 aromatic heterocycles. The number of hydrogen-bond acceptors (Lipinski definition) is 3. The summed E-state index contributed by atoms with van der Waals surface area (Å²) in [6.45, 7) is 4.08. The highest BCUT2D eigenvalue weighted by atomic mass is 32.2. The Balaban J connectivity index is 1.88. The van der Waals surface area contributed by atoms with Crippen LogP contribution in [0.1, 0.15) is 16.7 Å². The van der Waals surface area contributed by atoms with Crippen LogP contribution in [0.3, 0.4) is 0 Å². The SMILES string of the molecule is Cc1ccc(CN2C(=O)N(c3ccccc3C)S(=O)(=O)c3ccccc32)cc1. The molecule has 3 aromatic rings. The third kappa shape index (κ3) is 2.96. The number of carbonyl (C=O) groups is 1. The molecule has 0 N–H and O–H groups in total. The molecule has 5 nitrogen and oxygen atoms in total. The molecule has 0 fully saturated rings. The molecule has 3 aromatic carbocycles. The first-order valence-electron chi connectivity index (χ1n) is 8.96. The van der Waals surface area contributed by atoms with E-state index in [1.807, 2.05) is 37.3 Å². The average Bonchev–Trinajstić information content (AvgIpc) is 2.68. The summed E-state index contributed by atoms with van der Waals surface area (Å²) < 4.78 is 27.5. The largest absolute Gasteiger partial charge is 0.343 e. The summed E-state index contributed by atoms with van der Waals surface area (Å²) in [4.78, 5) is 15.1. The van der Waals surface area contributed by atoms with Crippen molar-refractivity contribution in [2.45, 2.75) is 25.3 Å². The Morgan fingerprint density at radius 3 is 2.07 bits per heavy atom. The van der Waals surface area contributed by atoms with E-state index in [-0.39, 0.29) is 11.4 Å². The highest BCUT2D eigenvalue weighted by molar-refractivity contribution is 7.94. The summed E-state index contributed by atoms with van der Waals surface area (Å²) in [6.07, 6.45) is 0. The van der Waals surface area contributed by atoms with E-state index in [4.69, 9.17) is 0 Å². The van der Waals surface area contributed by atoms with Crippen LogP contribution in [0.5, 0.6) is 0 Å². The van der Waals surface area contributed by atoms with Crippen LogP contribution < -0.4 is 9.21 Å². The standard InChI is InChI=1S/C22H20N2O3S/c1-16-11-13-18(14-12-16)15-23-20-9-5-6-10-21(20)28(26,27)24(22(23)25)19-8-4-3-7-17(19)2/h3-14H,15H2,1-2H3. The van der Waals surface area contributed by atoms with E-state index in [1.165, 1.54) is 4.90 Å². The second-order valence-corrected chi connectivity index (χ2v) is 8.63. The van der Waals surface area contributed by atoms with Crippen molar-refractivity contribution in [3.8, 4) is 0 Å². The summed E-state index contributed by atoms with van der Waals surface area (Å²) >= 11 is 0. The number of carbonyl (C=O) groups excluding carboxylic acids is 1. The van der Waals surface area contributed by atoms with Gasteiger partial charge in [0.2, 0.25) is 0 Å². The fourth-order valence-corrected chi connectivity index (χ4v) is 5.02. The minimum Gasteiger partial charge on any atom is -0.287 e. The van der Waals surface area contributed by atoms with Crippen molar-refractivity contribution in [3.63, 3.8) is 0 Å². The van der Waals surface area contributed by atoms with Gasteiger partial charge in [0, 0.05) is 0 Å². The number of para-hydroxylation sites is 2. The van der Waals surface area contributed by atoms with Gasteiger partial charge in [0.05, 0.1) is 17.9 Å². The van der Waals surface area contributed by atoms with Crippen LogP contribution in [0.15, 0.2) is 77.7 Å². The van der Waals surface area contributed by atoms with Crippen molar-refractivity contribution >= 4 is 27.4 Å². The van der Waals surface area contributed by atoms with Crippen LogP contribution in [0.2, 0.25) is 0 Å². The fourth-order valence-electron chi connectivity index (χ4n) is 3.36. The Kier molecular flexibility index (Phi) is 4.43. The molecule has 0 saturated carbocycles. The zero-order valence-corrected chi connectivity index (χ0v) is 16.5. The van der Waals surface area contributed by atoms with Crippen LogP contribution in [-0.2, 0) is 16.6 Å². The molecule has 28 heavy (non-hydrogen) atoms. The Bertz CT molecular complexity index is 1150. The number of amides is 2. The molecule has 142 valence electrons. The van der Waals surface area contributed by atoms with E-state index in [9.17, 15) is 13.2 Å². The van der Waals surface area contributed by atoms with E-state index in [1.54, 1.807) is 49.4 Å². The van der Waals surface area contributed by atoms with Gasteiger partial charge in [-0.25, -0.2) is 13.2 Å². The maximum absolute atomic E-state index is 13.4. The maximum Gasteiger partial charge on any atom is 0.343 e. The van der Waals surface area contributed by atoms with Gasteiger partial charge in [-0.15, -0.1) is 0 Å². The normalized spacial score (nSPS) is 15.4. The van der Waals surface area contributed by atoms with Crippen molar-refractivity contribution in [2.24, 2.45) is 0 Å². The van der Waals surface area contributed by atoms with Gasteiger partial charge in [-0.3, -0.25) is 4.90 Å². The number of fused-ring (bicyclic) bond motifs is 1. The van der Waals surface area contributed by atoms with Gasteiger partial charge in [0.25, 0.3) is 10.0 Å². The van der Waals surface area contributed by atoms with Crippen LogP contribution in [0.25, 0.3) is 0 Å². The van der Waals surface area contributed by atoms with Crippen LogP contribution >= 0.6 is 0 Å². The number of benzene rings is 3. The molecular weight excluding hydrogens is 372 g/mol. The fraction of sp³-hybridized carbons (Fsp3) is 0.136. The summed E-state index contributed by atoms with van der Waals surface area (Å²) in [5.41, 5.74) is 3.54. The average molecular weight is 392 g/mol. The van der Waals surface area contributed by atoms with E-state index in [2.05, 4.69) is 0 Å². The predicted molar refractivity (Wildman–Crippen MR) is 110 cm³/mol. The van der Waals surface area contributed by atoms with Crippen molar-refractivity contribution in [2.75, 3.05) is 9.21 Å². The number of rotatable bonds is 3. The number of hydrogen-bond donors (Lipinski definition) is 0. The maximum atomic E-state index is 13.4. The van der Waals surface area contributed by atoms with Gasteiger partial charge in [-0.1, -0.05) is 60.2 Å². The number of urea groups is 1. The summed E-state index contributed by atoms with van der Waals surface area (Å²) in [5.74, 6) is 0. The lowest BCUT2D eigenvalue weighted by atomic mass is 10.1. The monoisotopic (exact) mass is 392 g/mol. The van der Waals surface area contributed by atoms with Crippen LogP contribution in [0, 0.1) is 13.8 Å². The summed E-state index contributed by atoms with van der Waals surface area (Å²) in [5, 5.41) is 0. The topological polar surface area (TPSA) is 57.7 Å². The molecule has 0 atom stereocenters. The van der Waals surface area contributed by atoms with E-state index >= 15 is 0 Å². The lowest BCUT2D eigenvalue weighted by Crippen LogP contribution is -2.51. The van der Waals surface area contributed by atoms with Gasteiger partial charge >= 0.3 is 6.03 Å². The Labute approximate surface area is 164 Å². The van der Waals surface area contributed by atoms with Crippen molar-refractivity contribution in [1.82, 2.24) is 0 Å². The van der Waals surface area contributed by atoms with E-state index < -0.39 is 16.1 Å². The second-order valence-electron chi connectivity index (χ2n) is 6.88. The van der Waals surface area contributed by atoms with E-state index in [0.717, 1.165) is 15.4 Å². The smallest absolute Gasteiger partial charge is 0.287 e. The molecule has 0 radical (unpaired) electrons. The highest BCUT2D eigenvalue weighted by Gasteiger charge is 2.42. The zero-order chi connectivity index (χ0) is 19.9. The zero-order valence-electron chi connectivity index (χ0n) is 15.7. The molecule has 6 heteroatoms. The molecule has 2 amide bonds. The molecule has 1 aliphatic rings. The Morgan fingerprint density at radius 2 is 1.39 bits per heavy atom. The number of sulfonamides is 1. The van der Waals surface area contributed by atoms with Crippen molar-refractivity contribution in [3.05, 3.63) is 89.5 Å². The quantitative estimate of drug-likeness (QED) is 0.652. The summed E-state index contributed by atoms with van der Waals surface area (Å²) in [7, 11) is -4.00. The highest BCUT2D eigenvalue weighted by Crippen LogP contribution is 2.38. The third-order valence-corrected chi connectivity index (χ3v) is 6.61. The lowest BCUT2D eigenvalue weighted by Gasteiger charge is -2.36. The summed E-state index contributed by atoms with van der Waals surface area (Å²) in [6, 6.07) is 20.9. The molecule has 0 spiro atoms. The predicted octanol–water partition coefficient (Wildman–Crippen LogP) is 4.64. The third-order valence-electron chi connectivity index (χ3n) is 4.87. The minimum atomic E-state index is -4.00. The van der Waals surface area contributed by atoms with Crippen LogP contribution in [-0.4, -0.2) is 14.4 Å². The van der Waals surface area contributed by atoms with Gasteiger partial charge in [0.1, 0.15) is 4.90 Å². The van der Waals surface area contributed by atoms with Gasteiger partial charge in [0.15, 0.2) is 0 Å². The molecule has 0 aliphatic carbocycles. The Hall–Kier alpha value is -3.12. The van der Waals surface area contributed by atoms with Crippen LogP contribution in [0.4, 0.5) is 16.2 Å². The lowest BCUT2D eigenvalue weighted by molar-refractivity contribution is 0.253. The van der Waals surface area contributed by atoms with Gasteiger partial charge in [-0.2, -0.15) is 4.31 Å². The Morgan fingerprint density at radius 1 is 0.786 bits per heavy atom. The first-order chi connectivity index (χ1) is 13.4. The number of anilines is 2. The molecule has 1 heterocycles. The second kappa shape index (κ2) is 6.80. The molecular formula is C22H20N2O3S. The molecule has 0 bridgehead atoms. The first kappa shape index (κ1) is 18.3. The van der Waals surface area contributed by atoms with Crippen molar-refractivity contribution in [1.29, 1.82) is 0 Å². The number of aryl methyl sites for hydroxylation is 2. The number of nitrogens with zero attached hydrogens (tertiary/aromatic N) is 2. The van der Waals surface area contributed by atoms with E-state index in [0.29, 0.717) is 16.9 Å². The minimum absolute atomic E-state index is 0.130. The first-order valence-corrected chi connectivity index (χ1v) is 10.4. The van der Waals surface area contributed by atoms with Gasteiger partial charge < -0.3 is 0 Å².